The van der Waals surface area contributed by atoms with Gasteiger partial charge in [0.2, 0.25) is 5.78 Å². The Kier molecular flexibility index (Phi) is 9.72. The van der Waals surface area contributed by atoms with Crippen LogP contribution in [0.4, 0.5) is 0 Å². The fourth-order valence-electron chi connectivity index (χ4n) is 1.48. The Balaban J connectivity index is 4.19. The number of hydrogen-bond donors (Lipinski definition) is 4. The second-order valence-electron chi connectivity index (χ2n) is 4.61. The van der Waals surface area contributed by atoms with E-state index < -0.39 is 43.3 Å². The van der Waals surface area contributed by atoms with Crippen LogP contribution in [0.15, 0.2) is 0 Å². The Bertz CT molecular complexity index is 354. The van der Waals surface area contributed by atoms with Crippen LogP contribution in [0.3, 0.4) is 0 Å². The van der Waals surface area contributed by atoms with Crippen molar-refractivity contribution in [1.82, 2.24) is 0 Å². The first kappa shape index (κ1) is 19.7. The van der Waals surface area contributed by atoms with Crippen LogP contribution in [0, 0.1) is 0 Å². The molecule has 0 aliphatic rings. The number of hydrogen-bond acceptors (Lipinski definition) is 8. The van der Waals surface area contributed by atoms with Crippen LogP contribution in [0.1, 0.15) is 39.0 Å². The van der Waals surface area contributed by atoms with E-state index >= 15 is 0 Å². The maximum Gasteiger partial charge on any atom is 0.315 e. The molecule has 0 spiro atoms. The lowest BCUT2D eigenvalue weighted by Crippen LogP contribution is -2.43. The summed E-state index contributed by atoms with van der Waals surface area (Å²) in [6, 6.07) is 0. The van der Waals surface area contributed by atoms with E-state index in [4.69, 9.17) is 10.2 Å². The average Bonchev–Trinajstić information content (AvgIpc) is 2.44. The third-order valence-electron chi connectivity index (χ3n) is 2.73. The van der Waals surface area contributed by atoms with Crippen LogP contribution < -0.4 is 0 Å². The van der Waals surface area contributed by atoms with Gasteiger partial charge in [-0.1, -0.05) is 19.8 Å². The van der Waals surface area contributed by atoms with E-state index in [0.717, 1.165) is 12.8 Å². The molecule has 8 nitrogen and oxygen atoms in total. The quantitative estimate of drug-likeness (QED) is 0.159. The molecular formula is C13H22O8. The van der Waals surface area contributed by atoms with Crippen LogP contribution in [0.2, 0.25) is 0 Å². The van der Waals surface area contributed by atoms with Crippen molar-refractivity contribution in [3.8, 4) is 0 Å². The number of ketones is 2. The van der Waals surface area contributed by atoms with Gasteiger partial charge in [0, 0.05) is 6.42 Å². The van der Waals surface area contributed by atoms with Crippen molar-refractivity contribution in [2.75, 3.05) is 6.61 Å². The molecule has 0 aliphatic carbocycles. The summed E-state index contributed by atoms with van der Waals surface area (Å²) >= 11 is 0. The monoisotopic (exact) mass is 306 g/mol. The van der Waals surface area contributed by atoms with E-state index in [1.165, 1.54) is 0 Å². The van der Waals surface area contributed by atoms with E-state index in [1.807, 2.05) is 6.92 Å². The SMILES string of the molecule is CCCCCC(=O)CC(=O)OC(O)C(=O)[C@@H](O)[C@H](O)CO. The summed E-state index contributed by atoms with van der Waals surface area (Å²) in [5, 5.41) is 36.1. The molecule has 1 unspecified atom stereocenters. The molecule has 4 N–H and O–H groups in total. The van der Waals surface area contributed by atoms with Gasteiger partial charge < -0.3 is 25.2 Å². The minimum atomic E-state index is -2.29. The molecule has 3 atom stereocenters. The lowest BCUT2D eigenvalue weighted by molar-refractivity contribution is -0.182. The summed E-state index contributed by atoms with van der Waals surface area (Å²) in [5.74, 6) is -2.84. The predicted octanol–water partition coefficient (Wildman–Crippen LogP) is -1.33. The number of esters is 1. The van der Waals surface area contributed by atoms with Gasteiger partial charge in [0.1, 0.15) is 24.4 Å². The molecule has 0 bridgehead atoms. The van der Waals surface area contributed by atoms with Gasteiger partial charge in [-0.15, -0.1) is 0 Å². The second kappa shape index (κ2) is 10.4. The van der Waals surface area contributed by atoms with E-state index in [2.05, 4.69) is 4.74 Å². The Labute approximate surface area is 122 Å². The van der Waals surface area contributed by atoms with Gasteiger partial charge in [-0.05, 0) is 6.42 Å². The minimum Gasteiger partial charge on any atom is -0.428 e. The number of aliphatic hydroxyl groups is 4. The van der Waals surface area contributed by atoms with Crippen molar-refractivity contribution in [2.45, 2.75) is 57.5 Å². The lowest BCUT2D eigenvalue weighted by Gasteiger charge is -2.17. The number of carbonyl (C=O) groups excluding carboxylic acids is 3. The van der Waals surface area contributed by atoms with Gasteiger partial charge in [-0.3, -0.25) is 14.4 Å². The number of rotatable bonds is 11. The van der Waals surface area contributed by atoms with Crippen LogP contribution in [0.25, 0.3) is 0 Å². The molecule has 0 fully saturated rings. The first-order valence-electron chi connectivity index (χ1n) is 6.73. The Morgan fingerprint density at radius 3 is 2.24 bits per heavy atom. The number of ether oxygens (including phenoxy) is 1. The first-order valence-corrected chi connectivity index (χ1v) is 6.73. The van der Waals surface area contributed by atoms with Crippen molar-refractivity contribution < 1.29 is 39.5 Å². The summed E-state index contributed by atoms with van der Waals surface area (Å²) in [6.45, 7) is 1.07. The van der Waals surface area contributed by atoms with Crippen LogP contribution >= 0.6 is 0 Å². The number of carbonyl (C=O) groups is 3. The third kappa shape index (κ3) is 7.86. The Hall–Kier alpha value is -1.35. The van der Waals surface area contributed by atoms with E-state index in [1.54, 1.807) is 0 Å². The van der Waals surface area contributed by atoms with Crippen LogP contribution in [0.5, 0.6) is 0 Å². The molecule has 0 aromatic rings. The third-order valence-corrected chi connectivity index (χ3v) is 2.73. The van der Waals surface area contributed by atoms with Crippen molar-refractivity contribution >= 4 is 17.5 Å². The predicted molar refractivity (Wildman–Crippen MR) is 70.0 cm³/mol. The maximum absolute atomic E-state index is 11.4. The molecule has 0 rings (SSSR count). The normalized spacial score (nSPS) is 15.1. The summed E-state index contributed by atoms with van der Waals surface area (Å²) in [5.41, 5.74) is 0. The van der Waals surface area contributed by atoms with E-state index in [9.17, 15) is 24.6 Å². The van der Waals surface area contributed by atoms with Gasteiger partial charge in [-0.2, -0.15) is 0 Å². The van der Waals surface area contributed by atoms with Gasteiger partial charge in [0.05, 0.1) is 6.61 Å². The van der Waals surface area contributed by atoms with Crippen molar-refractivity contribution in [3.05, 3.63) is 0 Å². The summed E-state index contributed by atoms with van der Waals surface area (Å²) in [4.78, 5) is 34.0. The summed E-state index contributed by atoms with van der Waals surface area (Å²) in [7, 11) is 0. The Morgan fingerprint density at radius 2 is 1.71 bits per heavy atom. The summed E-state index contributed by atoms with van der Waals surface area (Å²) < 4.78 is 4.30. The van der Waals surface area contributed by atoms with E-state index in [-0.39, 0.29) is 12.2 Å². The highest BCUT2D eigenvalue weighted by Gasteiger charge is 2.31. The topological polar surface area (TPSA) is 141 Å². The molecule has 0 radical (unpaired) electrons. The molecule has 0 aromatic heterocycles. The number of Topliss-reactive ketones (excluding diaryl/α,β-unsaturated/α-hetero) is 2. The van der Waals surface area contributed by atoms with Gasteiger partial charge >= 0.3 is 5.97 Å². The maximum atomic E-state index is 11.4. The fraction of sp³-hybridized carbons (Fsp3) is 0.769. The number of unbranched alkanes of at least 4 members (excludes halogenated alkanes) is 2. The Morgan fingerprint density at radius 1 is 1.10 bits per heavy atom. The van der Waals surface area contributed by atoms with E-state index in [0.29, 0.717) is 6.42 Å². The standard InChI is InChI=1S/C13H22O8/c1-2-3-4-5-8(15)6-10(17)21-13(20)12(19)11(18)9(16)7-14/h9,11,13-14,16,18,20H,2-7H2,1H3/t9-,11+,13?/m1/s1. The molecular weight excluding hydrogens is 284 g/mol. The zero-order valence-corrected chi connectivity index (χ0v) is 11.9. The molecule has 122 valence electrons. The summed E-state index contributed by atoms with van der Waals surface area (Å²) in [6.07, 6.45) is -4.11. The molecule has 8 heteroatoms. The smallest absolute Gasteiger partial charge is 0.315 e. The van der Waals surface area contributed by atoms with Gasteiger partial charge in [-0.25, -0.2) is 0 Å². The molecule has 0 aromatic carbocycles. The molecule has 0 heterocycles. The molecule has 0 amide bonds. The highest BCUT2D eigenvalue weighted by atomic mass is 16.6. The minimum absolute atomic E-state index is 0.207. The zero-order chi connectivity index (χ0) is 16.4. The largest absolute Gasteiger partial charge is 0.428 e. The lowest BCUT2D eigenvalue weighted by atomic mass is 10.1. The van der Waals surface area contributed by atoms with Gasteiger partial charge in [0.15, 0.2) is 0 Å². The van der Waals surface area contributed by atoms with Crippen molar-refractivity contribution in [1.29, 1.82) is 0 Å². The molecule has 0 saturated heterocycles. The zero-order valence-electron chi connectivity index (χ0n) is 11.9. The van der Waals surface area contributed by atoms with Crippen molar-refractivity contribution in [3.63, 3.8) is 0 Å². The fourth-order valence-corrected chi connectivity index (χ4v) is 1.48. The van der Waals surface area contributed by atoms with Crippen molar-refractivity contribution in [2.24, 2.45) is 0 Å². The highest BCUT2D eigenvalue weighted by Crippen LogP contribution is 2.05. The molecule has 21 heavy (non-hydrogen) atoms. The van der Waals surface area contributed by atoms with Crippen LogP contribution in [-0.2, 0) is 19.1 Å². The first-order chi connectivity index (χ1) is 9.83. The number of aliphatic hydroxyl groups excluding tert-OH is 4. The molecule has 0 aliphatic heterocycles. The second-order valence-corrected chi connectivity index (χ2v) is 4.61. The average molecular weight is 306 g/mol. The van der Waals surface area contributed by atoms with Gasteiger partial charge in [0.25, 0.3) is 6.29 Å². The van der Waals surface area contributed by atoms with Crippen LogP contribution in [-0.4, -0.2) is 63.1 Å². The highest BCUT2D eigenvalue weighted by molar-refractivity contribution is 5.96. The molecule has 0 saturated carbocycles.